The maximum atomic E-state index is 6.06. The minimum Gasteiger partial charge on any atom is -0.486 e. The molecule has 1 aromatic heterocycles. The molecule has 0 saturated carbocycles. The zero-order valence-electron chi connectivity index (χ0n) is 10.1. The van der Waals surface area contributed by atoms with Crippen molar-refractivity contribution >= 4 is 40.6 Å². The lowest BCUT2D eigenvalue weighted by Gasteiger charge is -2.10. The fourth-order valence-electron chi connectivity index (χ4n) is 1.46. The molecule has 0 atom stereocenters. The van der Waals surface area contributed by atoms with Gasteiger partial charge in [-0.2, -0.15) is 0 Å². The van der Waals surface area contributed by atoms with E-state index >= 15 is 0 Å². The molecule has 6 heteroatoms. The Balaban J connectivity index is 2.14. The second-order valence-electron chi connectivity index (χ2n) is 3.74. The SMILES string of the molecule is CNc1ccc(Cl)c(COc2ccc(Cl)cc2Cl)n1. The van der Waals surface area contributed by atoms with Gasteiger partial charge in [0.15, 0.2) is 0 Å². The minimum atomic E-state index is 0.232. The van der Waals surface area contributed by atoms with Crippen LogP contribution >= 0.6 is 34.8 Å². The van der Waals surface area contributed by atoms with Gasteiger partial charge in [0.25, 0.3) is 0 Å². The van der Waals surface area contributed by atoms with Crippen LogP contribution in [-0.4, -0.2) is 12.0 Å². The summed E-state index contributed by atoms with van der Waals surface area (Å²) >= 11 is 17.9. The Bertz CT molecular complexity index is 590. The lowest BCUT2D eigenvalue weighted by molar-refractivity contribution is 0.302. The van der Waals surface area contributed by atoms with Crippen LogP contribution in [-0.2, 0) is 6.61 Å². The molecule has 0 spiro atoms. The molecule has 3 nitrogen and oxygen atoms in total. The molecule has 0 aliphatic carbocycles. The molecule has 0 amide bonds. The predicted octanol–water partition coefficient (Wildman–Crippen LogP) is 4.66. The van der Waals surface area contributed by atoms with Gasteiger partial charge in [0.1, 0.15) is 18.2 Å². The molecule has 0 unspecified atom stereocenters. The third-order valence-corrected chi connectivity index (χ3v) is 3.31. The van der Waals surface area contributed by atoms with Gasteiger partial charge in [-0.3, -0.25) is 0 Å². The highest BCUT2D eigenvalue weighted by Gasteiger charge is 2.07. The van der Waals surface area contributed by atoms with Crippen molar-refractivity contribution in [3.63, 3.8) is 0 Å². The molecule has 0 radical (unpaired) electrons. The van der Waals surface area contributed by atoms with Gasteiger partial charge in [-0.05, 0) is 30.3 Å². The quantitative estimate of drug-likeness (QED) is 0.890. The summed E-state index contributed by atoms with van der Waals surface area (Å²) in [7, 11) is 1.79. The van der Waals surface area contributed by atoms with E-state index in [1.807, 2.05) is 0 Å². The fraction of sp³-hybridized carbons (Fsp3) is 0.154. The normalized spacial score (nSPS) is 10.3. The van der Waals surface area contributed by atoms with Crippen LogP contribution in [0.3, 0.4) is 0 Å². The molecule has 0 aliphatic rings. The fourth-order valence-corrected chi connectivity index (χ4v) is 2.09. The molecule has 0 fully saturated rings. The average Bonchev–Trinajstić information content (AvgIpc) is 2.39. The molecule has 0 aliphatic heterocycles. The van der Waals surface area contributed by atoms with Crippen molar-refractivity contribution in [2.24, 2.45) is 0 Å². The molecule has 19 heavy (non-hydrogen) atoms. The molecule has 2 aromatic rings. The smallest absolute Gasteiger partial charge is 0.138 e. The van der Waals surface area contributed by atoms with E-state index in [9.17, 15) is 0 Å². The number of nitrogens with one attached hydrogen (secondary N) is 1. The largest absolute Gasteiger partial charge is 0.486 e. The Morgan fingerprint density at radius 1 is 1.11 bits per heavy atom. The number of hydrogen-bond donors (Lipinski definition) is 1. The Hall–Kier alpha value is -1.16. The van der Waals surface area contributed by atoms with Crippen LogP contribution in [0.4, 0.5) is 5.82 Å². The minimum absolute atomic E-state index is 0.232. The van der Waals surface area contributed by atoms with E-state index < -0.39 is 0 Å². The van der Waals surface area contributed by atoms with Crippen molar-refractivity contribution in [3.8, 4) is 5.75 Å². The molecular formula is C13H11Cl3N2O. The van der Waals surface area contributed by atoms with E-state index in [4.69, 9.17) is 39.5 Å². The summed E-state index contributed by atoms with van der Waals surface area (Å²) in [6, 6.07) is 8.60. The van der Waals surface area contributed by atoms with Crippen LogP contribution in [0.25, 0.3) is 0 Å². The van der Waals surface area contributed by atoms with E-state index in [-0.39, 0.29) is 6.61 Å². The van der Waals surface area contributed by atoms with Crippen molar-refractivity contribution in [3.05, 3.63) is 51.1 Å². The van der Waals surface area contributed by atoms with Crippen LogP contribution in [0, 0.1) is 0 Å². The first-order valence-corrected chi connectivity index (χ1v) is 6.64. The van der Waals surface area contributed by atoms with Crippen LogP contribution in [0.15, 0.2) is 30.3 Å². The van der Waals surface area contributed by atoms with E-state index in [0.717, 1.165) is 5.82 Å². The maximum Gasteiger partial charge on any atom is 0.138 e. The number of halogens is 3. The zero-order valence-corrected chi connectivity index (χ0v) is 12.4. The molecule has 0 saturated heterocycles. The van der Waals surface area contributed by atoms with Crippen molar-refractivity contribution in [1.29, 1.82) is 0 Å². The third-order valence-electron chi connectivity index (χ3n) is 2.43. The number of rotatable bonds is 4. The number of pyridine rings is 1. The lowest BCUT2D eigenvalue weighted by Crippen LogP contribution is -2.02. The number of aromatic nitrogens is 1. The van der Waals surface area contributed by atoms with Crippen LogP contribution < -0.4 is 10.1 Å². The van der Waals surface area contributed by atoms with Crippen molar-refractivity contribution in [2.45, 2.75) is 6.61 Å². The van der Waals surface area contributed by atoms with Crippen LogP contribution in [0.5, 0.6) is 5.75 Å². The number of anilines is 1. The second kappa shape index (κ2) is 6.33. The summed E-state index contributed by atoms with van der Waals surface area (Å²) in [5, 5.41) is 4.50. The highest BCUT2D eigenvalue weighted by Crippen LogP contribution is 2.28. The lowest BCUT2D eigenvalue weighted by atomic mass is 10.3. The summed E-state index contributed by atoms with van der Waals surface area (Å²) in [4.78, 5) is 4.32. The van der Waals surface area contributed by atoms with Gasteiger partial charge in [-0.1, -0.05) is 34.8 Å². The second-order valence-corrected chi connectivity index (χ2v) is 4.99. The molecule has 1 heterocycles. The number of nitrogens with zero attached hydrogens (tertiary/aromatic N) is 1. The highest BCUT2D eigenvalue weighted by molar-refractivity contribution is 6.35. The molecule has 1 N–H and O–H groups in total. The number of ether oxygens (including phenoxy) is 1. The van der Waals surface area contributed by atoms with Gasteiger partial charge in [-0.15, -0.1) is 0 Å². The summed E-state index contributed by atoms with van der Waals surface area (Å²) in [6.07, 6.45) is 0. The highest BCUT2D eigenvalue weighted by atomic mass is 35.5. The van der Waals surface area contributed by atoms with E-state index in [0.29, 0.717) is 26.5 Å². The van der Waals surface area contributed by atoms with Gasteiger partial charge in [0, 0.05) is 12.1 Å². The summed E-state index contributed by atoms with van der Waals surface area (Å²) in [6.45, 7) is 0.232. The first-order chi connectivity index (χ1) is 9.10. The molecule has 2 rings (SSSR count). The average molecular weight is 318 g/mol. The van der Waals surface area contributed by atoms with E-state index in [1.165, 1.54) is 0 Å². The van der Waals surface area contributed by atoms with Crippen LogP contribution in [0.2, 0.25) is 15.1 Å². The summed E-state index contributed by atoms with van der Waals surface area (Å²) in [5.41, 5.74) is 0.638. The van der Waals surface area contributed by atoms with Gasteiger partial charge in [-0.25, -0.2) is 4.98 Å². The Morgan fingerprint density at radius 3 is 2.58 bits per heavy atom. The summed E-state index contributed by atoms with van der Waals surface area (Å²) < 4.78 is 5.59. The Kier molecular flexibility index (Phi) is 4.75. The zero-order chi connectivity index (χ0) is 13.8. The standard InChI is InChI=1S/C13H11Cl3N2O/c1-17-13-5-3-9(15)11(18-13)7-19-12-4-2-8(14)6-10(12)16/h2-6H,7H2,1H3,(H,17,18). The maximum absolute atomic E-state index is 6.06. The van der Waals surface area contributed by atoms with Gasteiger partial charge < -0.3 is 10.1 Å². The third kappa shape index (κ3) is 3.66. The number of hydrogen-bond acceptors (Lipinski definition) is 3. The van der Waals surface area contributed by atoms with Gasteiger partial charge in [0.2, 0.25) is 0 Å². The molecule has 0 bridgehead atoms. The van der Waals surface area contributed by atoms with Gasteiger partial charge >= 0.3 is 0 Å². The van der Waals surface area contributed by atoms with E-state index in [1.54, 1.807) is 37.4 Å². The molecule has 1 aromatic carbocycles. The first kappa shape index (κ1) is 14.3. The Morgan fingerprint density at radius 2 is 1.89 bits per heavy atom. The predicted molar refractivity (Wildman–Crippen MR) is 79.6 cm³/mol. The number of benzene rings is 1. The molecular weight excluding hydrogens is 307 g/mol. The monoisotopic (exact) mass is 316 g/mol. The van der Waals surface area contributed by atoms with E-state index in [2.05, 4.69) is 10.3 Å². The van der Waals surface area contributed by atoms with Crippen molar-refractivity contribution in [2.75, 3.05) is 12.4 Å². The van der Waals surface area contributed by atoms with Crippen molar-refractivity contribution in [1.82, 2.24) is 4.98 Å². The topological polar surface area (TPSA) is 34.1 Å². The molecule has 100 valence electrons. The Labute approximate surface area is 126 Å². The van der Waals surface area contributed by atoms with Crippen LogP contribution in [0.1, 0.15) is 5.69 Å². The first-order valence-electron chi connectivity index (χ1n) is 5.51. The summed E-state index contributed by atoms with van der Waals surface area (Å²) in [5.74, 6) is 1.27. The van der Waals surface area contributed by atoms with Crippen molar-refractivity contribution < 1.29 is 4.74 Å². The van der Waals surface area contributed by atoms with Gasteiger partial charge in [0.05, 0.1) is 15.7 Å².